The van der Waals surface area contributed by atoms with E-state index >= 15 is 0 Å². The fraction of sp³-hybridized carbons (Fsp3) is 0.368. The molecule has 164 valence electrons. The maximum atomic E-state index is 11.8. The van der Waals surface area contributed by atoms with E-state index in [9.17, 15) is 9.70 Å². The minimum absolute atomic E-state index is 0.0632. The Hall–Kier alpha value is -3.47. The molecule has 2 heterocycles. The van der Waals surface area contributed by atoms with E-state index in [0.29, 0.717) is 43.2 Å². The van der Waals surface area contributed by atoms with E-state index in [1.807, 2.05) is 34.9 Å². The van der Waals surface area contributed by atoms with Crippen LogP contribution in [0.2, 0.25) is 0 Å². The van der Waals surface area contributed by atoms with Crippen LogP contribution in [0.1, 0.15) is 18.4 Å². The summed E-state index contributed by atoms with van der Waals surface area (Å²) in [5, 5.41) is 6.03. The molecule has 0 aliphatic carbocycles. The van der Waals surface area contributed by atoms with E-state index < -0.39 is 6.03 Å². The fourth-order valence-corrected chi connectivity index (χ4v) is 3.04. The van der Waals surface area contributed by atoms with Crippen molar-refractivity contribution in [1.82, 2.24) is 29.8 Å². The molecule has 0 saturated carbocycles. The quantitative estimate of drug-likeness (QED) is 0.199. The molecule has 3 rings (SSSR count). The highest BCUT2D eigenvalue weighted by molar-refractivity contribution is 6.18. The van der Waals surface area contributed by atoms with E-state index in [2.05, 4.69) is 25.6 Å². The minimum atomic E-state index is -0.565. The first-order valence-electron chi connectivity index (χ1n) is 9.72. The van der Waals surface area contributed by atoms with E-state index in [1.165, 1.54) is 0 Å². The molecule has 0 bridgehead atoms. The summed E-state index contributed by atoms with van der Waals surface area (Å²) in [5.41, 5.74) is 7.98. The Morgan fingerprint density at radius 3 is 2.81 bits per heavy atom. The normalized spacial score (nSPS) is 10.7. The van der Waals surface area contributed by atoms with Gasteiger partial charge in [-0.15, -0.1) is 16.5 Å². The molecule has 0 fully saturated rings. The number of imidazole rings is 1. The Bertz CT molecular complexity index is 1010. The van der Waals surface area contributed by atoms with Crippen molar-refractivity contribution in [2.75, 3.05) is 24.7 Å². The molecule has 3 N–H and O–H groups in total. The van der Waals surface area contributed by atoms with Gasteiger partial charge in [0.2, 0.25) is 11.8 Å². The number of benzene rings is 1. The zero-order valence-electron chi connectivity index (χ0n) is 16.8. The van der Waals surface area contributed by atoms with Crippen LogP contribution in [0.25, 0.3) is 11.2 Å². The Morgan fingerprint density at radius 2 is 2.06 bits per heavy atom. The Labute approximate surface area is 183 Å². The number of amides is 2. The number of fused-ring (bicyclic) bond motifs is 1. The van der Waals surface area contributed by atoms with Crippen LogP contribution < -0.4 is 15.8 Å². The second kappa shape index (κ2) is 11.1. The summed E-state index contributed by atoms with van der Waals surface area (Å²) >= 11 is 5.52. The van der Waals surface area contributed by atoms with Crippen molar-refractivity contribution in [2.45, 2.75) is 26.0 Å². The van der Waals surface area contributed by atoms with E-state index in [4.69, 9.17) is 22.1 Å². The Kier molecular flexibility index (Phi) is 7.93. The second-order valence-corrected chi connectivity index (χ2v) is 6.98. The number of anilines is 1. The van der Waals surface area contributed by atoms with E-state index in [1.54, 1.807) is 6.33 Å². The lowest BCUT2D eigenvalue weighted by Gasteiger charge is -2.12. The summed E-state index contributed by atoms with van der Waals surface area (Å²) < 4.78 is 7.68. The van der Waals surface area contributed by atoms with E-state index in [0.717, 1.165) is 17.0 Å². The SMILES string of the molecule is Nc1nc(OCc2ccccc2)c2ncn(CCCCNC(=O)N(CCCl)N=O)c2n1. The number of aryl methyl sites for hydroxylation is 1. The van der Waals surface area contributed by atoms with Gasteiger partial charge in [-0.05, 0) is 18.4 Å². The van der Waals surface area contributed by atoms with Gasteiger partial charge in [0, 0.05) is 19.0 Å². The number of nitrogens with zero attached hydrogens (tertiary/aromatic N) is 6. The molecule has 12 heteroatoms. The average molecular weight is 447 g/mol. The summed E-state index contributed by atoms with van der Waals surface area (Å²) in [7, 11) is 0. The molecule has 0 radical (unpaired) electrons. The molecule has 1 aromatic carbocycles. The second-order valence-electron chi connectivity index (χ2n) is 6.60. The zero-order chi connectivity index (χ0) is 22.1. The molecule has 2 amide bonds. The summed E-state index contributed by atoms with van der Waals surface area (Å²) in [5.74, 6) is 0.568. The molecule has 11 nitrogen and oxygen atoms in total. The summed E-state index contributed by atoms with van der Waals surface area (Å²) in [6, 6.07) is 9.16. The van der Waals surface area contributed by atoms with Crippen LogP contribution in [0.15, 0.2) is 41.9 Å². The highest BCUT2D eigenvalue weighted by atomic mass is 35.5. The molecule has 2 aromatic heterocycles. The highest BCUT2D eigenvalue weighted by Gasteiger charge is 2.14. The smallest absolute Gasteiger partial charge is 0.340 e. The predicted molar refractivity (Wildman–Crippen MR) is 116 cm³/mol. The van der Waals surface area contributed by atoms with Crippen molar-refractivity contribution >= 4 is 34.7 Å². The number of nitrogen functional groups attached to an aromatic ring is 1. The lowest BCUT2D eigenvalue weighted by Crippen LogP contribution is -2.37. The molecule has 0 spiro atoms. The van der Waals surface area contributed by atoms with Gasteiger partial charge in [0.1, 0.15) is 6.61 Å². The number of hydrogen-bond donors (Lipinski definition) is 2. The van der Waals surface area contributed by atoms with Crippen LogP contribution in [-0.2, 0) is 13.2 Å². The number of hydrogen-bond acceptors (Lipinski definition) is 8. The molecule has 0 saturated heterocycles. The maximum absolute atomic E-state index is 11.8. The van der Waals surface area contributed by atoms with Crippen LogP contribution in [0.5, 0.6) is 5.88 Å². The van der Waals surface area contributed by atoms with Crippen LogP contribution in [-0.4, -0.2) is 49.5 Å². The Balaban J connectivity index is 1.55. The number of urea groups is 1. The number of halogens is 1. The number of nitroso groups, excluding NO2 is 1. The molecule has 3 aromatic rings. The van der Waals surface area contributed by atoms with Crippen molar-refractivity contribution in [2.24, 2.45) is 5.29 Å². The minimum Gasteiger partial charge on any atom is -0.471 e. The number of nitrogens with two attached hydrogens (primary N) is 1. The highest BCUT2D eigenvalue weighted by Crippen LogP contribution is 2.23. The van der Waals surface area contributed by atoms with Gasteiger partial charge in [-0.3, -0.25) is 0 Å². The summed E-state index contributed by atoms with van der Waals surface area (Å²) in [6.45, 7) is 1.41. The van der Waals surface area contributed by atoms with Gasteiger partial charge < -0.3 is 20.4 Å². The number of ether oxygens (including phenoxy) is 1. The van der Waals surface area contributed by atoms with Crippen molar-refractivity contribution in [3.05, 3.63) is 47.1 Å². The molecule has 0 aliphatic heterocycles. The Morgan fingerprint density at radius 1 is 1.26 bits per heavy atom. The van der Waals surface area contributed by atoms with Gasteiger partial charge in [-0.2, -0.15) is 15.0 Å². The largest absolute Gasteiger partial charge is 0.471 e. The predicted octanol–water partition coefficient (Wildman–Crippen LogP) is 2.70. The summed E-state index contributed by atoms with van der Waals surface area (Å²) in [4.78, 5) is 35.2. The fourth-order valence-electron chi connectivity index (χ4n) is 2.88. The molecule has 0 unspecified atom stereocenters. The van der Waals surface area contributed by atoms with Crippen LogP contribution in [0.4, 0.5) is 10.7 Å². The molecular formula is C19H23ClN8O3. The van der Waals surface area contributed by atoms with Gasteiger partial charge in [0.05, 0.1) is 18.2 Å². The van der Waals surface area contributed by atoms with Crippen molar-refractivity contribution in [3.63, 3.8) is 0 Å². The van der Waals surface area contributed by atoms with Crippen molar-refractivity contribution in [1.29, 1.82) is 0 Å². The molecule has 0 atom stereocenters. The molecule has 31 heavy (non-hydrogen) atoms. The zero-order valence-corrected chi connectivity index (χ0v) is 17.5. The third-order valence-corrected chi connectivity index (χ3v) is 4.57. The number of carbonyl (C=O) groups is 1. The van der Waals surface area contributed by atoms with Gasteiger partial charge in [0.25, 0.3) is 0 Å². The maximum Gasteiger partial charge on any atom is 0.340 e. The first kappa shape index (κ1) is 22.2. The van der Waals surface area contributed by atoms with Crippen molar-refractivity contribution in [3.8, 4) is 5.88 Å². The number of unbranched alkanes of at least 4 members (excludes halogenated alkanes) is 1. The monoisotopic (exact) mass is 446 g/mol. The van der Waals surface area contributed by atoms with Crippen LogP contribution in [0, 0.1) is 4.91 Å². The summed E-state index contributed by atoms with van der Waals surface area (Å²) in [6.07, 6.45) is 3.07. The third-order valence-electron chi connectivity index (χ3n) is 4.40. The number of nitrogens with one attached hydrogen (secondary N) is 1. The van der Waals surface area contributed by atoms with Gasteiger partial charge in [-0.25, -0.2) is 9.78 Å². The van der Waals surface area contributed by atoms with E-state index in [-0.39, 0.29) is 18.4 Å². The van der Waals surface area contributed by atoms with Crippen molar-refractivity contribution < 1.29 is 9.53 Å². The van der Waals surface area contributed by atoms with Gasteiger partial charge in [0.15, 0.2) is 11.2 Å². The lowest BCUT2D eigenvalue weighted by atomic mass is 10.2. The van der Waals surface area contributed by atoms with Crippen LogP contribution >= 0.6 is 11.6 Å². The standard InChI is InChI=1S/C19H23ClN8O3/c20-8-11-28(26-30)19(29)22-9-4-5-10-27-13-23-15-16(27)24-18(21)25-17(15)31-12-14-6-2-1-3-7-14/h1-3,6-7,13H,4-5,8-12H2,(H,22,29)(H2,21,24,25). The number of carbonyl (C=O) groups excluding carboxylic acids is 1. The van der Waals surface area contributed by atoms with Crippen LogP contribution in [0.3, 0.4) is 0 Å². The lowest BCUT2D eigenvalue weighted by molar-refractivity contribution is 0.202. The first-order valence-corrected chi connectivity index (χ1v) is 10.3. The number of aromatic nitrogens is 4. The number of rotatable bonds is 11. The van der Waals surface area contributed by atoms with Gasteiger partial charge >= 0.3 is 6.03 Å². The molecule has 0 aliphatic rings. The number of alkyl halides is 1. The third kappa shape index (κ3) is 6.01. The average Bonchev–Trinajstić information content (AvgIpc) is 3.18. The topological polar surface area (TPSA) is 141 Å². The van der Waals surface area contributed by atoms with Gasteiger partial charge in [-0.1, -0.05) is 30.3 Å². The molecular weight excluding hydrogens is 424 g/mol. The first-order chi connectivity index (χ1) is 15.1.